The van der Waals surface area contributed by atoms with Crippen molar-refractivity contribution in [2.45, 2.75) is 33.1 Å². The Morgan fingerprint density at radius 1 is 1.15 bits per heavy atom. The highest BCUT2D eigenvalue weighted by Gasteiger charge is 2.30. The normalized spacial score (nSPS) is 18.5. The fraction of sp³-hybridized carbons (Fsp3) is 0.300. The maximum atomic E-state index is 13.0. The van der Waals surface area contributed by atoms with Gasteiger partial charge >= 0.3 is 0 Å². The molecule has 26 heavy (non-hydrogen) atoms. The third kappa shape index (κ3) is 3.12. The van der Waals surface area contributed by atoms with Crippen molar-refractivity contribution in [3.05, 3.63) is 52.4 Å². The van der Waals surface area contributed by atoms with Crippen LogP contribution in [0.15, 0.2) is 51.9 Å². The maximum absolute atomic E-state index is 13.0. The minimum absolute atomic E-state index is 0.118. The maximum Gasteiger partial charge on any atom is 0.283 e. The summed E-state index contributed by atoms with van der Waals surface area (Å²) in [6.07, 6.45) is 3.03. The zero-order valence-corrected chi connectivity index (χ0v) is 15.5. The number of hydrogen-bond acceptors (Lipinski definition) is 5. The van der Waals surface area contributed by atoms with Gasteiger partial charge in [0.15, 0.2) is 0 Å². The molecule has 1 fully saturated rings. The molecule has 4 rings (SSSR count). The van der Waals surface area contributed by atoms with Gasteiger partial charge in [-0.05, 0) is 17.4 Å². The molecule has 132 valence electrons. The van der Waals surface area contributed by atoms with Crippen LogP contribution in [0.4, 0.5) is 0 Å². The van der Waals surface area contributed by atoms with Gasteiger partial charge in [-0.3, -0.25) is 9.59 Å². The monoisotopic (exact) mass is 365 g/mol. The molecular formula is C20H19N3O2S. The summed E-state index contributed by atoms with van der Waals surface area (Å²) in [4.78, 5) is 30.1. The van der Waals surface area contributed by atoms with Crippen molar-refractivity contribution in [3.63, 3.8) is 0 Å². The number of Topliss-reactive ketones (excluding diaryl/α,β-unsaturated/α-hetero) is 1. The zero-order chi connectivity index (χ0) is 18.3. The van der Waals surface area contributed by atoms with Gasteiger partial charge in [-0.2, -0.15) is 9.78 Å². The first-order valence-electron chi connectivity index (χ1n) is 8.56. The predicted octanol–water partition coefficient (Wildman–Crippen LogP) is 4.11. The summed E-state index contributed by atoms with van der Waals surface area (Å²) in [5.41, 5.74) is 2.28. The van der Waals surface area contributed by atoms with Crippen molar-refractivity contribution >= 4 is 33.0 Å². The second-order valence-electron chi connectivity index (χ2n) is 7.49. The quantitative estimate of drug-likeness (QED) is 0.686. The van der Waals surface area contributed by atoms with Crippen molar-refractivity contribution in [1.82, 2.24) is 9.66 Å². The summed E-state index contributed by atoms with van der Waals surface area (Å²) in [5.74, 6) is 0.169. The van der Waals surface area contributed by atoms with E-state index in [0.717, 1.165) is 16.8 Å². The van der Waals surface area contributed by atoms with Crippen molar-refractivity contribution in [1.29, 1.82) is 0 Å². The van der Waals surface area contributed by atoms with E-state index in [1.165, 1.54) is 22.3 Å². The molecule has 1 aliphatic rings. The van der Waals surface area contributed by atoms with E-state index in [9.17, 15) is 9.59 Å². The number of carbonyl (C=O) groups excluding carboxylic acids is 1. The van der Waals surface area contributed by atoms with Gasteiger partial charge in [-0.25, -0.2) is 4.98 Å². The third-order valence-electron chi connectivity index (χ3n) is 4.57. The zero-order valence-electron chi connectivity index (χ0n) is 14.7. The van der Waals surface area contributed by atoms with E-state index < -0.39 is 0 Å². The lowest BCUT2D eigenvalue weighted by Crippen LogP contribution is -2.30. The van der Waals surface area contributed by atoms with Gasteiger partial charge in [0.2, 0.25) is 0 Å². The second-order valence-corrected chi connectivity index (χ2v) is 8.35. The van der Waals surface area contributed by atoms with Gasteiger partial charge in [-0.15, -0.1) is 11.3 Å². The Hall–Kier alpha value is -2.60. The van der Waals surface area contributed by atoms with E-state index in [4.69, 9.17) is 0 Å². The lowest BCUT2D eigenvalue weighted by Gasteiger charge is -2.29. The first kappa shape index (κ1) is 16.8. The van der Waals surface area contributed by atoms with Crippen LogP contribution in [0.2, 0.25) is 0 Å². The summed E-state index contributed by atoms with van der Waals surface area (Å²) in [6, 6.07) is 9.80. The Balaban J connectivity index is 1.83. The minimum Gasteiger partial charge on any atom is -0.299 e. The van der Waals surface area contributed by atoms with Gasteiger partial charge < -0.3 is 0 Å². The Bertz CT molecular complexity index is 1080. The first-order chi connectivity index (χ1) is 12.4. The first-order valence-corrected chi connectivity index (χ1v) is 9.44. The summed E-state index contributed by atoms with van der Waals surface area (Å²) in [7, 11) is 0. The van der Waals surface area contributed by atoms with Gasteiger partial charge in [0.05, 0.1) is 5.39 Å². The second kappa shape index (κ2) is 6.29. The van der Waals surface area contributed by atoms with Crippen LogP contribution in [0.1, 0.15) is 33.1 Å². The van der Waals surface area contributed by atoms with Gasteiger partial charge in [0.25, 0.3) is 5.56 Å². The molecule has 1 aromatic carbocycles. The Morgan fingerprint density at radius 3 is 2.65 bits per heavy atom. The average Bonchev–Trinajstić information content (AvgIpc) is 3.01. The van der Waals surface area contributed by atoms with Crippen LogP contribution >= 0.6 is 11.3 Å². The molecule has 0 unspecified atom stereocenters. The van der Waals surface area contributed by atoms with E-state index in [-0.39, 0.29) is 16.8 Å². The van der Waals surface area contributed by atoms with E-state index >= 15 is 0 Å². The van der Waals surface area contributed by atoms with E-state index in [1.54, 1.807) is 0 Å². The van der Waals surface area contributed by atoms with Gasteiger partial charge in [0.1, 0.15) is 16.9 Å². The topological polar surface area (TPSA) is 64.3 Å². The largest absolute Gasteiger partial charge is 0.299 e. The Kier molecular flexibility index (Phi) is 4.07. The summed E-state index contributed by atoms with van der Waals surface area (Å²) >= 11 is 1.45. The molecule has 3 aromatic rings. The number of ketones is 1. The number of benzene rings is 1. The lowest BCUT2D eigenvalue weighted by molar-refractivity contribution is -0.120. The summed E-state index contributed by atoms with van der Waals surface area (Å²) in [6.45, 7) is 4.10. The molecular weight excluding hydrogens is 346 g/mol. The van der Waals surface area contributed by atoms with Crippen LogP contribution in [-0.4, -0.2) is 21.2 Å². The van der Waals surface area contributed by atoms with Crippen molar-refractivity contribution in [2.75, 3.05) is 0 Å². The van der Waals surface area contributed by atoms with Crippen molar-refractivity contribution in [2.24, 2.45) is 10.5 Å². The summed E-state index contributed by atoms with van der Waals surface area (Å²) < 4.78 is 1.28. The van der Waals surface area contributed by atoms with Crippen LogP contribution in [0.25, 0.3) is 21.3 Å². The van der Waals surface area contributed by atoms with Crippen LogP contribution in [0, 0.1) is 5.41 Å². The standard InChI is InChI=1S/C20H19N3O2S/c1-20(2)9-14(8-15(24)10-20)22-23-12-21-18-17(19(23)25)16(11-26-18)13-6-4-3-5-7-13/h3-7,11-12H,8-10H2,1-2H3/b22-14+. The number of nitrogens with zero attached hydrogens (tertiary/aromatic N) is 3. The molecule has 1 aliphatic carbocycles. The molecule has 0 N–H and O–H groups in total. The SMILES string of the molecule is CC1(C)CC(=O)C/C(=N\n2cnc3scc(-c4ccccc4)c3c2=O)C1. The number of fused-ring (bicyclic) bond motifs is 1. The van der Waals surface area contributed by atoms with Crippen LogP contribution in [0.3, 0.4) is 0 Å². The predicted molar refractivity (Wildman–Crippen MR) is 105 cm³/mol. The van der Waals surface area contributed by atoms with Crippen LogP contribution < -0.4 is 5.56 Å². The highest BCUT2D eigenvalue weighted by molar-refractivity contribution is 7.17. The molecule has 5 nitrogen and oxygen atoms in total. The molecule has 0 atom stereocenters. The number of hydrogen-bond donors (Lipinski definition) is 0. The van der Waals surface area contributed by atoms with E-state index in [1.807, 2.05) is 35.7 Å². The molecule has 0 amide bonds. The number of carbonyl (C=O) groups is 1. The van der Waals surface area contributed by atoms with Crippen molar-refractivity contribution < 1.29 is 4.79 Å². The fourth-order valence-corrected chi connectivity index (χ4v) is 4.46. The van der Waals surface area contributed by atoms with E-state index in [0.29, 0.717) is 29.5 Å². The molecule has 0 saturated heterocycles. The number of thiophene rings is 1. The smallest absolute Gasteiger partial charge is 0.283 e. The average molecular weight is 365 g/mol. The molecule has 2 aromatic heterocycles. The highest BCUT2D eigenvalue weighted by Crippen LogP contribution is 2.32. The lowest BCUT2D eigenvalue weighted by atomic mass is 9.76. The molecule has 0 radical (unpaired) electrons. The Morgan fingerprint density at radius 2 is 1.92 bits per heavy atom. The van der Waals surface area contributed by atoms with Gasteiger partial charge in [0, 0.05) is 29.5 Å². The molecule has 0 bridgehead atoms. The van der Waals surface area contributed by atoms with Crippen molar-refractivity contribution in [3.8, 4) is 11.1 Å². The molecule has 6 heteroatoms. The molecule has 0 aliphatic heterocycles. The minimum atomic E-state index is -0.196. The highest BCUT2D eigenvalue weighted by atomic mass is 32.1. The molecule has 2 heterocycles. The van der Waals surface area contributed by atoms with Gasteiger partial charge in [-0.1, -0.05) is 44.2 Å². The van der Waals surface area contributed by atoms with Crippen LogP contribution in [0.5, 0.6) is 0 Å². The fourth-order valence-electron chi connectivity index (χ4n) is 3.55. The van der Waals surface area contributed by atoms with E-state index in [2.05, 4.69) is 23.9 Å². The summed E-state index contributed by atoms with van der Waals surface area (Å²) in [5, 5.41) is 7.01. The molecule has 1 saturated carbocycles. The number of aromatic nitrogens is 2. The number of rotatable bonds is 2. The van der Waals surface area contributed by atoms with Crippen LogP contribution in [-0.2, 0) is 4.79 Å². The molecule has 0 spiro atoms. The Labute approximate surface area is 155 Å². The third-order valence-corrected chi connectivity index (χ3v) is 5.46.